The molecule has 0 aromatic heterocycles. The Hall–Kier alpha value is -1.06. The Kier molecular flexibility index (Phi) is 7.53. The number of hydrogen-bond donors (Lipinski definition) is 1. The van der Waals surface area contributed by atoms with E-state index in [1.807, 2.05) is 12.1 Å². The van der Waals surface area contributed by atoms with Crippen molar-refractivity contribution in [2.75, 3.05) is 26.2 Å². The quantitative estimate of drug-likeness (QED) is 0.744. The first kappa shape index (κ1) is 16.0. The first-order valence-corrected chi connectivity index (χ1v) is 7.43. The van der Waals surface area contributed by atoms with E-state index in [0.29, 0.717) is 12.6 Å². The lowest BCUT2D eigenvalue weighted by molar-refractivity contribution is 0.212. The van der Waals surface area contributed by atoms with Crippen LogP contribution in [0.1, 0.15) is 45.2 Å². The van der Waals surface area contributed by atoms with Crippen molar-refractivity contribution < 1.29 is 4.74 Å². The summed E-state index contributed by atoms with van der Waals surface area (Å²) >= 11 is 0. The molecule has 0 saturated heterocycles. The summed E-state index contributed by atoms with van der Waals surface area (Å²) in [4.78, 5) is 2.43. The Labute approximate surface area is 117 Å². The van der Waals surface area contributed by atoms with Crippen LogP contribution in [-0.4, -0.2) is 31.1 Å². The summed E-state index contributed by atoms with van der Waals surface area (Å²) in [6, 6.07) is 8.69. The Morgan fingerprint density at radius 3 is 2.26 bits per heavy atom. The normalized spacial score (nSPS) is 12.7. The SMILES string of the molecule is CCCOc1ccc(C(CN)N(CC)CCC)cc1. The van der Waals surface area contributed by atoms with Crippen molar-refractivity contribution in [1.29, 1.82) is 0 Å². The predicted octanol–water partition coefficient (Wildman–Crippen LogP) is 3.21. The van der Waals surface area contributed by atoms with Gasteiger partial charge in [0.1, 0.15) is 5.75 Å². The van der Waals surface area contributed by atoms with Gasteiger partial charge in [-0.1, -0.05) is 32.9 Å². The molecule has 19 heavy (non-hydrogen) atoms. The monoisotopic (exact) mass is 264 g/mol. The zero-order valence-corrected chi connectivity index (χ0v) is 12.6. The van der Waals surface area contributed by atoms with E-state index in [2.05, 4.69) is 37.8 Å². The molecule has 108 valence electrons. The molecular weight excluding hydrogens is 236 g/mol. The van der Waals surface area contributed by atoms with Crippen molar-refractivity contribution in [2.45, 2.75) is 39.7 Å². The first-order valence-electron chi connectivity index (χ1n) is 7.43. The topological polar surface area (TPSA) is 38.5 Å². The molecule has 1 aromatic carbocycles. The fourth-order valence-electron chi connectivity index (χ4n) is 2.32. The average molecular weight is 264 g/mol. The third-order valence-electron chi connectivity index (χ3n) is 3.32. The summed E-state index contributed by atoms with van der Waals surface area (Å²) in [6.45, 7) is 10.1. The fraction of sp³-hybridized carbons (Fsp3) is 0.625. The molecule has 0 aliphatic rings. The molecule has 3 nitrogen and oxygen atoms in total. The van der Waals surface area contributed by atoms with Crippen molar-refractivity contribution in [3.8, 4) is 5.75 Å². The molecule has 2 N–H and O–H groups in total. The summed E-state index contributed by atoms with van der Waals surface area (Å²) < 4.78 is 5.61. The number of nitrogens with zero attached hydrogens (tertiary/aromatic N) is 1. The maximum Gasteiger partial charge on any atom is 0.119 e. The minimum atomic E-state index is 0.310. The smallest absolute Gasteiger partial charge is 0.119 e. The highest BCUT2D eigenvalue weighted by Crippen LogP contribution is 2.22. The molecule has 0 saturated carbocycles. The number of hydrogen-bond acceptors (Lipinski definition) is 3. The van der Waals surface area contributed by atoms with Gasteiger partial charge < -0.3 is 10.5 Å². The zero-order chi connectivity index (χ0) is 14.1. The second kappa shape index (κ2) is 8.94. The van der Waals surface area contributed by atoms with Gasteiger partial charge in [0.05, 0.1) is 6.61 Å². The molecule has 0 radical (unpaired) electrons. The van der Waals surface area contributed by atoms with Crippen LogP contribution < -0.4 is 10.5 Å². The van der Waals surface area contributed by atoms with Gasteiger partial charge >= 0.3 is 0 Å². The molecule has 1 atom stereocenters. The van der Waals surface area contributed by atoms with E-state index in [1.165, 1.54) is 5.56 Å². The standard InChI is InChI=1S/C16H28N2O/c1-4-11-18(6-3)16(13-17)14-7-9-15(10-8-14)19-12-5-2/h7-10,16H,4-6,11-13,17H2,1-3H3. The van der Waals surface area contributed by atoms with E-state index < -0.39 is 0 Å². The Morgan fingerprint density at radius 1 is 1.11 bits per heavy atom. The highest BCUT2D eigenvalue weighted by atomic mass is 16.5. The Bertz CT molecular complexity index is 337. The van der Waals surface area contributed by atoms with Gasteiger partial charge in [0, 0.05) is 12.6 Å². The summed E-state index contributed by atoms with van der Waals surface area (Å²) in [6.07, 6.45) is 2.19. The van der Waals surface area contributed by atoms with Crippen molar-refractivity contribution in [2.24, 2.45) is 5.73 Å². The second-order valence-corrected chi connectivity index (χ2v) is 4.80. The van der Waals surface area contributed by atoms with Crippen LogP contribution in [0.2, 0.25) is 0 Å². The summed E-state index contributed by atoms with van der Waals surface area (Å²) in [5.74, 6) is 0.944. The van der Waals surface area contributed by atoms with Crippen molar-refractivity contribution in [3.63, 3.8) is 0 Å². The van der Waals surface area contributed by atoms with E-state index in [4.69, 9.17) is 10.5 Å². The fourth-order valence-corrected chi connectivity index (χ4v) is 2.32. The molecule has 0 bridgehead atoms. The molecule has 0 spiro atoms. The third-order valence-corrected chi connectivity index (χ3v) is 3.32. The molecule has 1 aromatic rings. The lowest BCUT2D eigenvalue weighted by Gasteiger charge is -2.30. The molecule has 1 unspecified atom stereocenters. The number of nitrogens with two attached hydrogens (primary N) is 1. The van der Waals surface area contributed by atoms with Crippen LogP contribution in [0.3, 0.4) is 0 Å². The average Bonchev–Trinajstić information content (AvgIpc) is 2.46. The van der Waals surface area contributed by atoms with Gasteiger partial charge in [-0.05, 0) is 43.6 Å². The number of likely N-dealkylation sites (N-methyl/N-ethyl adjacent to an activating group) is 1. The van der Waals surface area contributed by atoms with Gasteiger partial charge in [0.2, 0.25) is 0 Å². The zero-order valence-electron chi connectivity index (χ0n) is 12.6. The molecule has 0 aliphatic heterocycles. The van der Waals surface area contributed by atoms with Crippen LogP contribution in [0, 0.1) is 0 Å². The summed E-state index contributed by atoms with van der Waals surface area (Å²) in [5, 5.41) is 0. The van der Waals surface area contributed by atoms with Crippen LogP contribution in [-0.2, 0) is 0 Å². The number of ether oxygens (including phenoxy) is 1. The maximum absolute atomic E-state index is 5.96. The van der Waals surface area contributed by atoms with Crippen molar-refractivity contribution >= 4 is 0 Å². The molecule has 1 rings (SSSR count). The van der Waals surface area contributed by atoms with E-state index in [0.717, 1.165) is 38.3 Å². The molecule has 0 fully saturated rings. The van der Waals surface area contributed by atoms with Crippen LogP contribution in [0.4, 0.5) is 0 Å². The van der Waals surface area contributed by atoms with Crippen LogP contribution in [0.25, 0.3) is 0 Å². The Balaban J connectivity index is 2.75. The molecule has 0 amide bonds. The number of benzene rings is 1. The van der Waals surface area contributed by atoms with Gasteiger partial charge in [0.25, 0.3) is 0 Å². The summed E-state index contributed by atoms with van der Waals surface area (Å²) in [5.41, 5.74) is 7.24. The van der Waals surface area contributed by atoms with Gasteiger partial charge in [-0.15, -0.1) is 0 Å². The maximum atomic E-state index is 5.96. The second-order valence-electron chi connectivity index (χ2n) is 4.80. The minimum absolute atomic E-state index is 0.310. The molecule has 0 heterocycles. The molecular formula is C16H28N2O. The van der Waals surface area contributed by atoms with Crippen LogP contribution in [0.5, 0.6) is 5.75 Å². The Morgan fingerprint density at radius 2 is 1.79 bits per heavy atom. The van der Waals surface area contributed by atoms with Crippen molar-refractivity contribution in [3.05, 3.63) is 29.8 Å². The highest BCUT2D eigenvalue weighted by Gasteiger charge is 2.16. The van der Waals surface area contributed by atoms with E-state index in [-0.39, 0.29) is 0 Å². The summed E-state index contributed by atoms with van der Waals surface area (Å²) in [7, 11) is 0. The van der Waals surface area contributed by atoms with Gasteiger partial charge in [0.15, 0.2) is 0 Å². The largest absolute Gasteiger partial charge is 0.494 e. The van der Waals surface area contributed by atoms with E-state index >= 15 is 0 Å². The molecule has 0 aliphatic carbocycles. The third kappa shape index (κ3) is 4.84. The number of rotatable bonds is 9. The van der Waals surface area contributed by atoms with Crippen molar-refractivity contribution in [1.82, 2.24) is 4.90 Å². The minimum Gasteiger partial charge on any atom is -0.494 e. The highest BCUT2D eigenvalue weighted by molar-refractivity contribution is 5.29. The van der Waals surface area contributed by atoms with Crippen LogP contribution >= 0.6 is 0 Å². The van der Waals surface area contributed by atoms with Gasteiger partial charge in [-0.25, -0.2) is 0 Å². The first-order chi connectivity index (χ1) is 9.26. The lowest BCUT2D eigenvalue weighted by atomic mass is 10.0. The van der Waals surface area contributed by atoms with Crippen LogP contribution in [0.15, 0.2) is 24.3 Å². The van der Waals surface area contributed by atoms with Gasteiger partial charge in [-0.2, -0.15) is 0 Å². The van der Waals surface area contributed by atoms with E-state index in [9.17, 15) is 0 Å². The molecule has 3 heteroatoms. The lowest BCUT2D eigenvalue weighted by Crippen LogP contribution is -2.34. The predicted molar refractivity (Wildman–Crippen MR) is 81.6 cm³/mol. The van der Waals surface area contributed by atoms with E-state index in [1.54, 1.807) is 0 Å². The van der Waals surface area contributed by atoms with Gasteiger partial charge in [-0.3, -0.25) is 4.90 Å².